The molecule has 2 nitrogen and oxygen atoms in total. The van der Waals surface area contributed by atoms with E-state index in [4.69, 9.17) is 0 Å². The monoisotopic (exact) mass is 255 g/mol. The molecule has 0 spiro atoms. The van der Waals surface area contributed by atoms with Gasteiger partial charge < -0.3 is 0 Å². The van der Waals surface area contributed by atoms with Crippen LogP contribution in [0, 0.1) is 0 Å². The van der Waals surface area contributed by atoms with Gasteiger partial charge in [-0.05, 0) is 18.2 Å². The molecule has 0 amide bonds. The molecule has 0 radical (unpaired) electrons. The molecule has 1 aromatic heterocycles. The fourth-order valence-corrected chi connectivity index (χ4v) is 2.24. The fraction of sp³-hybridized carbons (Fsp3) is 0.111. The summed E-state index contributed by atoms with van der Waals surface area (Å²) in [6.07, 6.45) is 0. The Balaban J connectivity index is 2.68. The zero-order valence-corrected chi connectivity index (χ0v) is 9.28. The molecular weight excluding hydrogens is 250 g/mol. The third-order valence-electron chi connectivity index (χ3n) is 1.65. The molecule has 13 heavy (non-hydrogen) atoms. The first kappa shape index (κ1) is 8.84. The highest BCUT2D eigenvalue weighted by atomic mass is 79.9. The molecule has 0 atom stereocenters. The molecule has 66 valence electrons. The van der Waals surface area contributed by atoms with E-state index in [1.165, 1.54) is 18.3 Å². The summed E-state index contributed by atoms with van der Waals surface area (Å²) in [6, 6.07) is 5.83. The van der Waals surface area contributed by atoms with Crippen LogP contribution in [0.3, 0.4) is 0 Å². The number of nitrogens with zero attached hydrogens (tertiary/aromatic N) is 1. The van der Waals surface area contributed by atoms with Crippen LogP contribution >= 0.6 is 27.3 Å². The van der Waals surface area contributed by atoms with Crippen LogP contribution in [0.4, 0.5) is 0 Å². The van der Waals surface area contributed by atoms with Crippen molar-refractivity contribution in [2.75, 3.05) is 0 Å². The van der Waals surface area contributed by atoms with Crippen LogP contribution in [0.2, 0.25) is 0 Å². The van der Waals surface area contributed by atoms with E-state index in [-0.39, 0.29) is 5.78 Å². The predicted octanol–water partition coefficient (Wildman–Crippen LogP) is 3.26. The quantitative estimate of drug-likeness (QED) is 0.733. The van der Waals surface area contributed by atoms with Gasteiger partial charge in [-0.1, -0.05) is 15.9 Å². The summed E-state index contributed by atoms with van der Waals surface area (Å²) in [6.45, 7) is 1.53. The summed E-state index contributed by atoms with van der Waals surface area (Å²) in [5.41, 5.74) is 0.879. The maximum atomic E-state index is 11.0. The van der Waals surface area contributed by atoms with Gasteiger partial charge in [0, 0.05) is 11.4 Å². The molecule has 1 aromatic carbocycles. The van der Waals surface area contributed by atoms with Gasteiger partial charge in [0.05, 0.1) is 10.2 Å². The van der Waals surface area contributed by atoms with Crippen molar-refractivity contribution in [1.82, 2.24) is 4.98 Å². The third kappa shape index (κ3) is 1.64. The van der Waals surface area contributed by atoms with E-state index >= 15 is 0 Å². The van der Waals surface area contributed by atoms with Gasteiger partial charge in [-0.25, -0.2) is 4.98 Å². The Kier molecular flexibility index (Phi) is 2.17. The van der Waals surface area contributed by atoms with Gasteiger partial charge in [-0.2, -0.15) is 0 Å². The minimum atomic E-state index is 0.0253. The van der Waals surface area contributed by atoms with E-state index in [1.54, 1.807) is 0 Å². The number of aromatic nitrogens is 1. The molecule has 2 rings (SSSR count). The van der Waals surface area contributed by atoms with Crippen molar-refractivity contribution in [1.29, 1.82) is 0 Å². The molecule has 0 saturated carbocycles. The SMILES string of the molecule is CC(=O)c1nc2cc(Br)ccc2s1. The summed E-state index contributed by atoms with van der Waals surface area (Å²) in [5.74, 6) is 0.0253. The molecular formula is C9H6BrNOS. The van der Waals surface area contributed by atoms with Gasteiger partial charge in [0.2, 0.25) is 0 Å². The predicted molar refractivity (Wildman–Crippen MR) is 57.3 cm³/mol. The second-order valence-corrected chi connectivity index (χ2v) is 4.63. The van der Waals surface area contributed by atoms with Crippen molar-refractivity contribution in [3.8, 4) is 0 Å². The standard InChI is InChI=1S/C9H6BrNOS/c1-5(12)9-11-7-4-6(10)2-3-8(7)13-9/h2-4H,1H3. The summed E-state index contributed by atoms with van der Waals surface area (Å²) < 4.78 is 2.04. The summed E-state index contributed by atoms with van der Waals surface area (Å²) in [5, 5.41) is 0.577. The first-order valence-corrected chi connectivity index (χ1v) is 5.35. The minimum absolute atomic E-state index is 0.0253. The molecule has 0 saturated heterocycles. The van der Waals surface area contributed by atoms with E-state index < -0.39 is 0 Å². The number of thiazole rings is 1. The van der Waals surface area contributed by atoms with Crippen LogP contribution in [0.5, 0.6) is 0 Å². The van der Waals surface area contributed by atoms with Crippen LogP contribution in [0.15, 0.2) is 22.7 Å². The van der Waals surface area contributed by atoms with Crippen LogP contribution in [-0.2, 0) is 0 Å². The van der Waals surface area contributed by atoms with E-state index in [1.807, 2.05) is 18.2 Å². The maximum absolute atomic E-state index is 11.0. The van der Waals surface area contributed by atoms with Crippen molar-refractivity contribution in [3.05, 3.63) is 27.7 Å². The Morgan fingerprint density at radius 3 is 3.00 bits per heavy atom. The highest BCUT2D eigenvalue weighted by Gasteiger charge is 2.07. The lowest BCUT2D eigenvalue weighted by Crippen LogP contribution is -1.88. The molecule has 0 aliphatic carbocycles. The topological polar surface area (TPSA) is 30.0 Å². The highest BCUT2D eigenvalue weighted by Crippen LogP contribution is 2.25. The second-order valence-electron chi connectivity index (χ2n) is 2.69. The number of rotatable bonds is 1. The molecule has 0 N–H and O–H groups in total. The molecule has 0 fully saturated rings. The fourth-order valence-electron chi connectivity index (χ4n) is 1.05. The zero-order chi connectivity index (χ0) is 9.42. The number of hydrogen-bond donors (Lipinski definition) is 0. The largest absolute Gasteiger partial charge is 0.292 e. The summed E-state index contributed by atoms with van der Waals surface area (Å²) in [4.78, 5) is 15.2. The molecule has 4 heteroatoms. The van der Waals surface area contributed by atoms with E-state index in [2.05, 4.69) is 20.9 Å². The van der Waals surface area contributed by atoms with Crippen molar-refractivity contribution in [2.45, 2.75) is 6.92 Å². The van der Waals surface area contributed by atoms with Gasteiger partial charge in [-0.15, -0.1) is 11.3 Å². The van der Waals surface area contributed by atoms with Crippen molar-refractivity contribution >= 4 is 43.3 Å². The normalized spacial score (nSPS) is 10.6. The average Bonchev–Trinajstić information content (AvgIpc) is 2.46. The molecule has 1 heterocycles. The van der Waals surface area contributed by atoms with E-state index in [9.17, 15) is 4.79 Å². The van der Waals surface area contributed by atoms with Crippen LogP contribution in [-0.4, -0.2) is 10.8 Å². The molecule has 2 aromatic rings. The van der Waals surface area contributed by atoms with Gasteiger partial charge >= 0.3 is 0 Å². The number of fused-ring (bicyclic) bond motifs is 1. The van der Waals surface area contributed by atoms with Crippen molar-refractivity contribution < 1.29 is 4.79 Å². The third-order valence-corrected chi connectivity index (χ3v) is 3.28. The first-order chi connectivity index (χ1) is 6.16. The van der Waals surface area contributed by atoms with Crippen molar-refractivity contribution in [2.24, 2.45) is 0 Å². The molecule has 0 unspecified atom stereocenters. The first-order valence-electron chi connectivity index (χ1n) is 3.74. The molecule has 0 aliphatic rings. The molecule has 0 bridgehead atoms. The smallest absolute Gasteiger partial charge is 0.188 e. The number of carbonyl (C=O) groups is 1. The summed E-state index contributed by atoms with van der Waals surface area (Å²) >= 11 is 4.79. The Bertz CT molecular complexity index is 477. The lowest BCUT2D eigenvalue weighted by Gasteiger charge is -1.86. The van der Waals surface area contributed by atoms with Gasteiger partial charge in [0.25, 0.3) is 0 Å². The second kappa shape index (κ2) is 3.20. The Labute approximate surface area is 87.7 Å². The number of hydrogen-bond acceptors (Lipinski definition) is 3. The molecule has 0 aliphatic heterocycles. The van der Waals surface area contributed by atoms with Gasteiger partial charge in [-0.3, -0.25) is 4.79 Å². The van der Waals surface area contributed by atoms with Gasteiger partial charge in [0.15, 0.2) is 10.8 Å². The number of benzene rings is 1. The van der Waals surface area contributed by atoms with Gasteiger partial charge in [0.1, 0.15) is 0 Å². The van der Waals surface area contributed by atoms with E-state index in [0.29, 0.717) is 5.01 Å². The van der Waals surface area contributed by atoms with Crippen LogP contribution in [0.1, 0.15) is 16.7 Å². The Morgan fingerprint density at radius 2 is 2.31 bits per heavy atom. The summed E-state index contributed by atoms with van der Waals surface area (Å²) in [7, 11) is 0. The Hall–Kier alpha value is -0.740. The number of carbonyl (C=O) groups excluding carboxylic acids is 1. The highest BCUT2D eigenvalue weighted by molar-refractivity contribution is 9.10. The Morgan fingerprint density at radius 1 is 1.54 bits per heavy atom. The lowest BCUT2D eigenvalue weighted by atomic mass is 10.3. The number of ketones is 1. The zero-order valence-electron chi connectivity index (χ0n) is 6.87. The van der Waals surface area contributed by atoms with E-state index in [0.717, 1.165) is 14.7 Å². The lowest BCUT2D eigenvalue weighted by molar-refractivity contribution is 0.101. The van der Waals surface area contributed by atoms with Crippen LogP contribution < -0.4 is 0 Å². The minimum Gasteiger partial charge on any atom is -0.292 e. The maximum Gasteiger partial charge on any atom is 0.188 e. The number of halogens is 1. The van der Waals surface area contributed by atoms with Crippen molar-refractivity contribution in [3.63, 3.8) is 0 Å². The van der Waals surface area contributed by atoms with Crippen LogP contribution in [0.25, 0.3) is 10.2 Å². The number of Topliss-reactive ketones (excluding diaryl/α,β-unsaturated/α-hetero) is 1. The average molecular weight is 256 g/mol.